The Morgan fingerprint density at radius 3 is 2.47 bits per heavy atom. The maximum atomic E-state index is 5.59. The van der Waals surface area contributed by atoms with Gasteiger partial charge in [0.25, 0.3) is 0 Å². The van der Waals surface area contributed by atoms with E-state index in [1.54, 1.807) is 13.3 Å². The van der Waals surface area contributed by atoms with Crippen molar-refractivity contribution in [2.75, 3.05) is 7.11 Å². The lowest BCUT2D eigenvalue weighted by molar-refractivity contribution is 0.412. The second-order valence-electron chi connectivity index (χ2n) is 4.39. The maximum Gasteiger partial charge on any atom is 0.197 e. The molecule has 0 amide bonds. The highest BCUT2D eigenvalue weighted by Gasteiger charge is 2.18. The van der Waals surface area contributed by atoms with Gasteiger partial charge in [-0.3, -0.25) is 0 Å². The third-order valence-corrected chi connectivity index (χ3v) is 4.71. The molecule has 2 aromatic rings. The summed E-state index contributed by atoms with van der Waals surface area (Å²) >= 11 is 8.74. The predicted molar refractivity (Wildman–Crippen MR) is 83.3 cm³/mol. The Bertz CT molecular complexity index is 695. The van der Waals surface area contributed by atoms with E-state index in [1.165, 1.54) is 5.56 Å². The van der Waals surface area contributed by atoms with Crippen LogP contribution in [0.1, 0.15) is 16.7 Å². The van der Waals surface area contributed by atoms with Gasteiger partial charge < -0.3 is 9.72 Å². The first kappa shape index (κ1) is 14.2. The number of hydrogen-bond donors (Lipinski definition) is 1. The smallest absolute Gasteiger partial charge is 0.197 e. The molecule has 0 aliphatic heterocycles. The number of H-pyrrole nitrogens is 1. The summed E-state index contributed by atoms with van der Waals surface area (Å²) in [5.41, 5.74) is 5.36. The Labute approximate surface area is 126 Å². The van der Waals surface area contributed by atoms with Crippen molar-refractivity contribution >= 4 is 28.1 Å². The van der Waals surface area contributed by atoms with Crippen molar-refractivity contribution < 1.29 is 4.74 Å². The highest BCUT2D eigenvalue weighted by atomic mass is 79.9. The highest BCUT2D eigenvalue weighted by Crippen LogP contribution is 2.41. The molecular formula is C14H15BrN2OS. The van der Waals surface area contributed by atoms with E-state index in [0.29, 0.717) is 4.77 Å². The first-order valence-electron chi connectivity index (χ1n) is 5.86. The van der Waals surface area contributed by atoms with Gasteiger partial charge in [0.05, 0.1) is 12.8 Å². The summed E-state index contributed by atoms with van der Waals surface area (Å²) in [6.45, 7) is 6.19. The van der Waals surface area contributed by atoms with E-state index < -0.39 is 0 Å². The summed E-state index contributed by atoms with van der Waals surface area (Å²) in [6, 6.07) is 1.90. The lowest BCUT2D eigenvalue weighted by Gasteiger charge is -2.18. The number of aromatic nitrogens is 2. The zero-order valence-electron chi connectivity index (χ0n) is 11.3. The van der Waals surface area contributed by atoms with Crippen molar-refractivity contribution in [2.24, 2.45) is 0 Å². The number of halogens is 1. The number of ether oxygens (including phenoxy) is 1. The van der Waals surface area contributed by atoms with Crippen LogP contribution in [0, 0.1) is 25.5 Å². The van der Waals surface area contributed by atoms with Crippen LogP contribution in [0.4, 0.5) is 0 Å². The number of nitrogens with one attached hydrogen (secondary N) is 1. The fourth-order valence-electron chi connectivity index (χ4n) is 2.18. The van der Waals surface area contributed by atoms with Crippen molar-refractivity contribution in [1.82, 2.24) is 9.97 Å². The average Bonchev–Trinajstić information content (AvgIpc) is 2.40. The summed E-state index contributed by atoms with van der Waals surface area (Å²) in [7, 11) is 1.69. The molecule has 0 unspecified atom stereocenters. The molecule has 1 N–H and O–H groups in total. The normalized spacial score (nSPS) is 10.6. The molecule has 1 heterocycles. The molecular weight excluding hydrogens is 324 g/mol. The van der Waals surface area contributed by atoms with Crippen LogP contribution in [0.2, 0.25) is 0 Å². The Morgan fingerprint density at radius 2 is 1.89 bits per heavy atom. The van der Waals surface area contributed by atoms with Crippen LogP contribution in [0.5, 0.6) is 5.75 Å². The molecule has 0 spiro atoms. The number of nitrogens with zero attached hydrogens (tertiary/aromatic N) is 1. The third-order valence-electron chi connectivity index (χ3n) is 3.31. The van der Waals surface area contributed by atoms with Gasteiger partial charge in [-0.05, 0) is 55.7 Å². The third kappa shape index (κ3) is 2.44. The molecule has 2 rings (SSSR count). The molecule has 0 radical (unpaired) electrons. The number of benzene rings is 1. The highest BCUT2D eigenvalue weighted by molar-refractivity contribution is 9.10. The molecule has 19 heavy (non-hydrogen) atoms. The van der Waals surface area contributed by atoms with Gasteiger partial charge in [0.2, 0.25) is 0 Å². The molecule has 0 saturated heterocycles. The Kier molecular flexibility index (Phi) is 4.06. The molecule has 0 saturated carbocycles. The molecule has 0 aliphatic rings. The van der Waals surface area contributed by atoms with Crippen LogP contribution < -0.4 is 4.74 Å². The second kappa shape index (κ2) is 5.43. The van der Waals surface area contributed by atoms with Crippen LogP contribution in [-0.2, 0) is 0 Å². The van der Waals surface area contributed by atoms with E-state index >= 15 is 0 Å². The molecule has 5 heteroatoms. The number of rotatable bonds is 2. The van der Waals surface area contributed by atoms with Crippen molar-refractivity contribution in [3.8, 4) is 17.0 Å². The fourth-order valence-corrected chi connectivity index (χ4v) is 2.84. The minimum absolute atomic E-state index is 0.466. The standard InChI is InChI=1S/C14H15BrN2OS/c1-7-8(2)13(18-4)11(9(3)12(7)15)10-5-6-16-14(19)17-10/h5-6H,1-4H3,(H,16,17,19). The van der Waals surface area contributed by atoms with Gasteiger partial charge in [0, 0.05) is 16.2 Å². The number of hydrogen-bond acceptors (Lipinski definition) is 3. The quantitative estimate of drug-likeness (QED) is 0.819. The summed E-state index contributed by atoms with van der Waals surface area (Å²) in [6.07, 6.45) is 1.70. The molecule has 0 aliphatic carbocycles. The predicted octanol–water partition coefficient (Wildman–Crippen LogP) is 4.50. The van der Waals surface area contributed by atoms with Gasteiger partial charge in [-0.1, -0.05) is 15.9 Å². The Morgan fingerprint density at radius 1 is 1.21 bits per heavy atom. The molecule has 0 bridgehead atoms. The number of methoxy groups -OCH3 is 1. The first-order chi connectivity index (χ1) is 8.97. The van der Waals surface area contributed by atoms with Gasteiger partial charge in [0.1, 0.15) is 5.75 Å². The molecule has 0 fully saturated rings. The van der Waals surface area contributed by atoms with E-state index in [0.717, 1.165) is 32.6 Å². The molecule has 1 aromatic carbocycles. The van der Waals surface area contributed by atoms with Crippen molar-refractivity contribution in [2.45, 2.75) is 20.8 Å². The van der Waals surface area contributed by atoms with Crippen LogP contribution in [-0.4, -0.2) is 17.1 Å². The van der Waals surface area contributed by atoms with Gasteiger partial charge in [-0.2, -0.15) is 0 Å². The summed E-state index contributed by atoms with van der Waals surface area (Å²) in [5.74, 6) is 0.870. The van der Waals surface area contributed by atoms with Gasteiger partial charge in [0.15, 0.2) is 4.77 Å². The van der Waals surface area contributed by atoms with E-state index in [9.17, 15) is 0 Å². The Balaban J connectivity index is 2.86. The minimum Gasteiger partial charge on any atom is -0.496 e. The monoisotopic (exact) mass is 338 g/mol. The zero-order chi connectivity index (χ0) is 14.2. The van der Waals surface area contributed by atoms with Crippen LogP contribution in [0.15, 0.2) is 16.7 Å². The molecule has 0 atom stereocenters. The molecule has 3 nitrogen and oxygen atoms in total. The molecule has 1 aromatic heterocycles. The fraction of sp³-hybridized carbons (Fsp3) is 0.286. The lowest BCUT2D eigenvalue weighted by Crippen LogP contribution is -2.00. The van der Waals surface area contributed by atoms with E-state index in [2.05, 4.69) is 46.7 Å². The summed E-state index contributed by atoms with van der Waals surface area (Å²) in [5, 5.41) is 0. The summed E-state index contributed by atoms with van der Waals surface area (Å²) < 4.78 is 7.15. The largest absolute Gasteiger partial charge is 0.496 e. The second-order valence-corrected chi connectivity index (χ2v) is 5.57. The number of aromatic amines is 1. The minimum atomic E-state index is 0.466. The van der Waals surface area contributed by atoms with Crippen molar-refractivity contribution in [3.05, 3.63) is 38.2 Å². The topological polar surface area (TPSA) is 37.9 Å². The van der Waals surface area contributed by atoms with Crippen molar-refractivity contribution in [1.29, 1.82) is 0 Å². The Hall–Kier alpha value is -1.20. The lowest BCUT2D eigenvalue weighted by atomic mass is 9.97. The van der Waals surface area contributed by atoms with Gasteiger partial charge >= 0.3 is 0 Å². The molecule has 100 valence electrons. The van der Waals surface area contributed by atoms with Crippen LogP contribution in [0.25, 0.3) is 11.3 Å². The SMILES string of the molecule is COc1c(C)c(C)c(Br)c(C)c1-c1ccnc(=S)[nH]1. The maximum absolute atomic E-state index is 5.59. The summed E-state index contributed by atoms with van der Waals surface area (Å²) in [4.78, 5) is 7.14. The van der Waals surface area contributed by atoms with Crippen LogP contribution >= 0.6 is 28.1 Å². The van der Waals surface area contributed by atoms with E-state index in [4.69, 9.17) is 17.0 Å². The van der Waals surface area contributed by atoms with Crippen LogP contribution in [0.3, 0.4) is 0 Å². The average molecular weight is 339 g/mol. The van der Waals surface area contributed by atoms with Crippen molar-refractivity contribution in [3.63, 3.8) is 0 Å². The first-order valence-corrected chi connectivity index (χ1v) is 7.06. The van der Waals surface area contributed by atoms with E-state index in [-0.39, 0.29) is 0 Å². The van der Waals surface area contributed by atoms with Gasteiger partial charge in [-0.15, -0.1) is 0 Å². The van der Waals surface area contributed by atoms with E-state index in [1.807, 2.05) is 6.07 Å². The zero-order valence-corrected chi connectivity index (χ0v) is 13.7. The van der Waals surface area contributed by atoms with Gasteiger partial charge in [-0.25, -0.2) is 4.98 Å².